The van der Waals surface area contributed by atoms with Crippen molar-refractivity contribution in [3.05, 3.63) is 59.7 Å². The second-order valence-corrected chi connectivity index (χ2v) is 4.22. The highest BCUT2D eigenvalue weighted by Crippen LogP contribution is 2.20. The maximum Gasteiger partial charge on any atom is 0.123 e. The van der Waals surface area contributed by atoms with Gasteiger partial charge < -0.3 is 9.47 Å². The van der Waals surface area contributed by atoms with E-state index in [4.69, 9.17) is 9.47 Å². The minimum absolute atomic E-state index is 0.513. The van der Waals surface area contributed by atoms with Crippen LogP contribution in [0.2, 0.25) is 0 Å². The van der Waals surface area contributed by atoms with Crippen molar-refractivity contribution in [1.29, 1.82) is 0 Å². The van der Waals surface area contributed by atoms with Crippen LogP contribution in [-0.2, 0) is 13.1 Å². The monoisotopic (exact) mass is 270 g/mol. The highest BCUT2D eigenvalue weighted by atomic mass is 16.5. The highest BCUT2D eigenvalue weighted by molar-refractivity contribution is 5.34. The van der Waals surface area contributed by atoms with E-state index in [0.717, 1.165) is 22.6 Å². The summed E-state index contributed by atoms with van der Waals surface area (Å²) in [6.45, 7) is 1.03. The molecule has 0 unspecified atom stereocenters. The Kier molecular flexibility index (Phi) is 5.12. The molecule has 0 aliphatic heterocycles. The number of rotatable bonds is 6. The number of azo groups is 1. The minimum atomic E-state index is 0.513. The lowest BCUT2D eigenvalue weighted by Gasteiger charge is -2.05. The molecule has 0 radical (unpaired) electrons. The molecule has 4 heteroatoms. The fraction of sp³-hybridized carbons (Fsp3) is 0.250. The van der Waals surface area contributed by atoms with Crippen molar-refractivity contribution < 1.29 is 9.47 Å². The molecule has 0 aliphatic carbocycles. The van der Waals surface area contributed by atoms with E-state index in [1.54, 1.807) is 14.2 Å². The molecule has 0 atom stereocenters. The average molecular weight is 270 g/mol. The second kappa shape index (κ2) is 7.28. The first-order valence-electron chi connectivity index (χ1n) is 6.42. The van der Waals surface area contributed by atoms with Gasteiger partial charge in [-0.2, -0.15) is 10.2 Å². The molecule has 2 aromatic carbocycles. The first-order valence-corrected chi connectivity index (χ1v) is 6.42. The van der Waals surface area contributed by atoms with Gasteiger partial charge >= 0.3 is 0 Å². The largest absolute Gasteiger partial charge is 0.496 e. The van der Waals surface area contributed by atoms with Crippen LogP contribution in [0.15, 0.2) is 58.8 Å². The van der Waals surface area contributed by atoms with Crippen molar-refractivity contribution in [2.75, 3.05) is 14.2 Å². The van der Waals surface area contributed by atoms with E-state index in [9.17, 15) is 0 Å². The van der Waals surface area contributed by atoms with Crippen LogP contribution in [0.1, 0.15) is 11.1 Å². The standard InChI is InChI=1S/C16H18N2O2/c1-19-15-9-5-3-7-13(15)11-17-18-12-14-8-4-6-10-16(14)20-2/h3-10H,11-12H2,1-2H3. The van der Waals surface area contributed by atoms with Gasteiger partial charge in [-0.3, -0.25) is 0 Å². The van der Waals surface area contributed by atoms with Crippen LogP contribution in [0.3, 0.4) is 0 Å². The van der Waals surface area contributed by atoms with Crippen molar-refractivity contribution in [3.8, 4) is 11.5 Å². The minimum Gasteiger partial charge on any atom is -0.496 e. The average Bonchev–Trinajstić information content (AvgIpc) is 2.52. The van der Waals surface area contributed by atoms with Crippen molar-refractivity contribution in [1.82, 2.24) is 0 Å². The molecule has 0 amide bonds. The van der Waals surface area contributed by atoms with E-state index in [-0.39, 0.29) is 0 Å². The van der Waals surface area contributed by atoms with Crippen molar-refractivity contribution in [2.24, 2.45) is 10.2 Å². The molecule has 0 saturated carbocycles. The molecule has 0 fully saturated rings. The van der Waals surface area contributed by atoms with Crippen LogP contribution in [0.5, 0.6) is 11.5 Å². The Balaban J connectivity index is 1.97. The molecular weight excluding hydrogens is 252 g/mol. The van der Waals surface area contributed by atoms with E-state index in [2.05, 4.69) is 10.2 Å². The van der Waals surface area contributed by atoms with E-state index < -0.39 is 0 Å². The Morgan fingerprint density at radius 2 is 1.10 bits per heavy atom. The predicted octanol–water partition coefficient (Wildman–Crippen LogP) is 3.86. The van der Waals surface area contributed by atoms with Gasteiger partial charge in [0.1, 0.15) is 11.5 Å². The zero-order chi connectivity index (χ0) is 14.2. The highest BCUT2D eigenvalue weighted by Gasteiger charge is 2.01. The van der Waals surface area contributed by atoms with Gasteiger partial charge in [0.25, 0.3) is 0 Å². The van der Waals surface area contributed by atoms with E-state index in [0.29, 0.717) is 13.1 Å². The summed E-state index contributed by atoms with van der Waals surface area (Å²) in [6.07, 6.45) is 0. The predicted molar refractivity (Wildman–Crippen MR) is 78.3 cm³/mol. The quantitative estimate of drug-likeness (QED) is 0.748. The van der Waals surface area contributed by atoms with E-state index in [1.807, 2.05) is 48.5 Å². The van der Waals surface area contributed by atoms with Crippen LogP contribution < -0.4 is 9.47 Å². The topological polar surface area (TPSA) is 43.2 Å². The Bertz CT molecular complexity index is 531. The maximum atomic E-state index is 5.28. The SMILES string of the molecule is COc1ccccc1CN=NCc1ccccc1OC. The van der Waals surface area contributed by atoms with Crippen LogP contribution in [-0.4, -0.2) is 14.2 Å². The van der Waals surface area contributed by atoms with Gasteiger partial charge in [0, 0.05) is 11.1 Å². The van der Waals surface area contributed by atoms with Crippen LogP contribution in [0.25, 0.3) is 0 Å². The molecule has 2 rings (SSSR count). The molecule has 0 bridgehead atoms. The van der Waals surface area contributed by atoms with Gasteiger partial charge in [-0.15, -0.1) is 0 Å². The number of methoxy groups -OCH3 is 2. The summed E-state index contributed by atoms with van der Waals surface area (Å²) in [5.41, 5.74) is 2.05. The van der Waals surface area contributed by atoms with Crippen LogP contribution >= 0.6 is 0 Å². The summed E-state index contributed by atoms with van der Waals surface area (Å²) in [5.74, 6) is 1.67. The zero-order valence-corrected chi connectivity index (χ0v) is 11.7. The summed E-state index contributed by atoms with van der Waals surface area (Å²) < 4.78 is 10.6. The summed E-state index contributed by atoms with van der Waals surface area (Å²) in [5, 5.41) is 8.42. The molecule has 0 N–H and O–H groups in total. The number of nitrogens with zero attached hydrogens (tertiary/aromatic N) is 2. The third kappa shape index (κ3) is 3.57. The van der Waals surface area contributed by atoms with Gasteiger partial charge in [-0.1, -0.05) is 36.4 Å². The summed E-state index contributed by atoms with van der Waals surface area (Å²) in [6, 6.07) is 15.6. The zero-order valence-electron chi connectivity index (χ0n) is 11.7. The molecule has 0 saturated heterocycles. The molecule has 0 aliphatic rings. The lowest BCUT2D eigenvalue weighted by atomic mass is 10.2. The summed E-state index contributed by atoms with van der Waals surface area (Å²) >= 11 is 0. The molecular formula is C16H18N2O2. The molecule has 104 valence electrons. The van der Waals surface area contributed by atoms with Crippen molar-refractivity contribution in [2.45, 2.75) is 13.1 Å². The smallest absolute Gasteiger partial charge is 0.123 e. The normalized spacial score (nSPS) is 10.7. The lowest BCUT2D eigenvalue weighted by molar-refractivity contribution is 0.408. The van der Waals surface area contributed by atoms with E-state index >= 15 is 0 Å². The number of para-hydroxylation sites is 2. The number of hydrogen-bond acceptors (Lipinski definition) is 4. The van der Waals surface area contributed by atoms with Crippen LogP contribution in [0, 0.1) is 0 Å². The van der Waals surface area contributed by atoms with Gasteiger partial charge in [0.2, 0.25) is 0 Å². The molecule has 0 spiro atoms. The van der Waals surface area contributed by atoms with Crippen LogP contribution in [0.4, 0.5) is 0 Å². The Morgan fingerprint density at radius 1 is 0.700 bits per heavy atom. The molecule has 20 heavy (non-hydrogen) atoms. The van der Waals surface area contributed by atoms with Gasteiger partial charge in [0.05, 0.1) is 27.3 Å². The van der Waals surface area contributed by atoms with Gasteiger partial charge in [-0.05, 0) is 12.1 Å². The maximum absolute atomic E-state index is 5.28. The Morgan fingerprint density at radius 3 is 1.50 bits per heavy atom. The summed E-state index contributed by atoms with van der Waals surface area (Å²) in [4.78, 5) is 0. The van der Waals surface area contributed by atoms with Gasteiger partial charge in [0.15, 0.2) is 0 Å². The van der Waals surface area contributed by atoms with E-state index in [1.165, 1.54) is 0 Å². The molecule has 0 aromatic heterocycles. The lowest BCUT2D eigenvalue weighted by Crippen LogP contribution is -1.91. The third-order valence-electron chi connectivity index (χ3n) is 2.97. The third-order valence-corrected chi connectivity index (χ3v) is 2.97. The number of benzene rings is 2. The first kappa shape index (κ1) is 14.1. The first-order chi connectivity index (χ1) is 9.85. The van der Waals surface area contributed by atoms with Crippen molar-refractivity contribution >= 4 is 0 Å². The fourth-order valence-electron chi connectivity index (χ4n) is 1.92. The number of ether oxygens (including phenoxy) is 2. The van der Waals surface area contributed by atoms with Crippen molar-refractivity contribution in [3.63, 3.8) is 0 Å². The number of hydrogen-bond donors (Lipinski definition) is 0. The summed E-state index contributed by atoms with van der Waals surface area (Å²) in [7, 11) is 3.32. The fourth-order valence-corrected chi connectivity index (χ4v) is 1.92. The molecule has 4 nitrogen and oxygen atoms in total. The Labute approximate surface area is 119 Å². The molecule has 0 heterocycles. The Hall–Kier alpha value is -2.36. The van der Waals surface area contributed by atoms with Gasteiger partial charge in [-0.25, -0.2) is 0 Å². The second-order valence-electron chi connectivity index (χ2n) is 4.22. The molecule has 2 aromatic rings.